The second-order valence-electron chi connectivity index (χ2n) is 3.90. The summed E-state index contributed by atoms with van der Waals surface area (Å²) in [6.45, 7) is 3.94. The number of benzene rings is 1. The van der Waals surface area contributed by atoms with Gasteiger partial charge in [0.15, 0.2) is 17.7 Å². The van der Waals surface area contributed by atoms with E-state index in [4.69, 9.17) is 13.9 Å². The maximum atomic E-state index is 11.7. The van der Waals surface area contributed by atoms with Crippen molar-refractivity contribution in [1.82, 2.24) is 4.98 Å². The quantitative estimate of drug-likeness (QED) is 0.779. The van der Waals surface area contributed by atoms with Crippen LogP contribution in [0.25, 0.3) is 11.1 Å². The third-order valence-electron chi connectivity index (χ3n) is 2.78. The molecule has 0 radical (unpaired) electrons. The van der Waals surface area contributed by atoms with Crippen LogP contribution in [-0.4, -0.2) is 24.7 Å². The smallest absolute Gasteiger partial charge is 0.313 e. The largest absolute Gasteiger partial charge is 0.493 e. The summed E-state index contributed by atoms with van der Waals surface area (Å²) in [5.74, 6) is -0.0569. The molecule has 5 heteroatoms. The summed E-state index contributed by atoms with van der Waals surface area (Å²) in [6.07, 6.45) is 1.35. The number of ether oxygens (including phenoxy) is 2. The van der Waals surface area contributed by atoms with Crippen LogP contribution in [0.4, 0.5) is 0 Å². The van der Waals surface area contributed by atoms with Crippen molar-refractivity contribution < 1.29 is 18.7 Å². The molecule has 0 saturated heterocycles. The molecule has 5 nitrogen and oxygen atoms in total. The van der Waals surface area contributed by atoms with Gasteiger partial charge in [0, 0.05) is 0 Å². The van der Waals surface area contributed by atoms with Crippen LogP contribution in [0.5, 0.6) is 5.75 Å². The molecule has 2 rings (SSSR count). The minimum atomic E-state index is -0.361. The number of nitrogens with zero attached hydrogens (tertiary/aromatic N) is 1. The van der Waals surface area contributed by atoms with Crippen molar-refractivity contribution in [3.8, 4) is 5.75 Å². The zero-order valence-electron chi connectivity index (χ0n) is 10.6. The van der Waals surface area contributed by atoms with E-state index in [0.29, 0.717) is 23.5 Å². The summed E-state index contributed by atoms with van der Waals surface area (Å²) in [4.78, 5) is 15.8. The van der Waals surface area contributed by atoms with E-state index in [2.05, 4.69) is 4.98 Å². The standard InChI is InChI=1S/C13H15NO4/c1-4-17-13(15)8(2)9-5-10-12(18-7-14-10)11(6-9)16-3/h5-8H,4H2,1-3H3. The summed E-state index contributed by atoms with van der Waals surface area (Å²) in [5, 5.41) is 0. The molecule has 1 aromatic carbocycles. The Morgan fingerprint density at radius 2 is 2.28 bits per heavy atom. The molecule has 0 bridgehead atoms. The number of methoxy groups -OCH3 is 1. The molecule has 96 valence electrons. The number of esters is 1. The van der Waals surface area contributed by atoms with Gasteiger partial charge in [-0.3, -0.25) is 4.79 Å². The van der Waals surface area contributed by atoms with E-state index >= 15 is 0 Å². The molecular formula is C13H15NO4. The minimum Gasteiger partial charge on any atom is -0.493 e. The monoisotopic (exact) mass is 249 g/mol. The molecule has 1 heterocycles. The molecule has 2 aromatic rings. The fourth-order valence-corrected chi connectivity index (χ4v) is 1.76. The van der Waals surface area contributed by atoms with E-state index in [9.17, 15) is 4.79 Å². The van der Waals surface area contributed by atoms with Gasteiger partial charge < -0.3 is 13.9 Å². The molecule has 0 amide bonds. The highest BCUT2D eigenvalue weighted by molar-refractivity contribution is 5.84. The molecule has 0 spiro atoms. The number of hydrogen-bond donors (Lipinski definition) is 0. The second kappa shape index (κ2) is 5.08. The molecule has 1 aromatic heterocycles. The fraction of sp³-hybridized carbons (Fsp3) is 0.385. The summed E-state index contributed by atoms with van der Waals surface area (Å²) in [5.41, 5.74) is 2.05. The second-order valence-corrected chi connectivity index (χ2v) is 3.90. The molecule has 0 N–H and O–H groups in total. The van der Waals surface area contributed by atoms with Gasteiger partial charge >= 0.3 is 5.97 Å². The van der Waals surface area contributed by atoms with E-state index < -0.39 is 0 Å². The van der Waals surface area contributed by atoms with Crippen LogP contribution in [0, 0.1) is 0 Å². The topological polar surface area (TPSA) is 61.6 Å². The molecule has 0 aliphatic carbocycles. The van der Waals surface area contributed by atoms with Crippen molar-refractivity contribution in [3.63, 3.8) is 0 Å². The Hall–Kier alpha value is -2.04. The van der Waals surface area contributed by atoms with Crippen molar-refractivity contribution in [1.29, 1.82) is 0 Å². The highest BCUT2D eigenvalue weighted by atomic mass is 16.5. The van der Waals surface area contributed by atoms with Crippen LogP contribution in [0.15, 0.2) is 22.9 Å². The summed E-state index contributed by atoms with van der Waals surface area (Å²) in [7, 11) is 1.55. The first-order valence-electron chi connectivity index (χ1n) is 5.75. The van der Waals surface area contributed by atoms with E-state index in [0.717, 1.165) is 5.56 Å². The van der Waals surface area contributed by atoms with Crippen molar-refractivity contribution in [3.05, 3.63) is 24.1 Å². The normalized spacial score (nSPS) is 12.4. The van der Waals surface area contributed by atoms with Crippen LogP contribution in [-0.2, 0) is 9.53 Å². The summed E-state index contributed by atoms with van der Waals surface area (Å²) >= 11 is 0. The number of aromatic nitrogens is 1. The van der Waals surface area contributed by atoms with Crippen LogP contribution < -0.4 is 4.74 Å². The van der Waals surface area contributed by atoms with Gasteiger partial charge in [0.2, 0.25) is 0 Å². The van der Waals surface area contributed by atoms with Crippen LogP contribution in [0.3, 0.4) is 0 Å². The molecule has 0 aliphatic rings. The van der Waals surface area contributed by atoms with Gasteiger partial charge in [-0.1, -0.05) is 0 Å². The summed E-state index contributed by atoms with van der Waals surface area (Å²) < 4.78 is 15.5. The number of carbonyl (C=O) groups excluding carboxylic acids is 1. The Labute approximate surface area is 105 Å². The Bertz CT molecular complexity index is 561. The predicted octanol–water partition coefficient (Wildman–Crippen LogP) is 2.50. The van der Waals surface area contributed by atoms with Gasteiger partial charge in [0.25, 0.3) is 0 Å². The Morgan fingerprint density at radius 1 is 1.50 bits per heavy atom. The molecule has 0 aliphatic heterocycles. The van der Waals surface area contributed by atoms with Gasteiger partial charge in [-0.15, -0.1) is 0 Å². The maximum absolute atomic E-state index is 11.7. The lowest BCUT2D eigenvalue weighted by molar-refractivity contribution is -0.144. The highest BCUT2D eigenvalue weighted by Crippen LogP contribution is 2.30. The van der Waals surface area contributed by atoms with Crippen LogP contribution in [0.1, 0.15) is 25.3 Å². The Kier molecular flexibility index (Phi) is 3.50. The van der Waals surface area contributed by atoms with Gasteiger partial charge in [-0.05, 0) is 31.5 Å². The number of fused-ring (bicyclic) bond motifs is 1. The number of oxazole rings is 1. The zero-order chi connectivity index (χ0) is 13.1. The molecular weight excluding hydrogens is 234 g/mol. The number of carbonyl (C=O) groups is 1. The Balaban J connectivity index is 2.41. The van der Waals surface area contributed by atoms with E-state index in [1.165, 1.54) is 6.39 Å². The van der Waals surface area contributed by atoms with E-state index in [1.807, 2.05) is 6.07 Å². The molecule has 0 saturated carbocycles. The third-order valence-corrected chi connectivity index (χ3v) is 2.78. The minimum absolute atomic E-state index is 0.262. The average Bonchev–Trinajstić information content (AvgIpc) is 2.85. The zero-order valence-corrected chi connectivity index (χ0v) is 10.6. The van der Waals surface area contributed by atoms with Gasteiger partial charge in [-0.2, -0.15) is 0 Å². The van der Waals surface area contributed by atoms with Crippen LogP contribution in [0.2, 0.25) is 0 Å². The maximum Gasteiger partial charge on any atom is 0.313 e. The van der Waals surface area contributed by atoms with E-state index in [1.54, 1.807) is 27.0 Å². The lowest BCUT2D eigenvalue weighted by Gasteiger charge is -2.12. The first kappa shape index (κ1) is 12.4. The Morgan fingerprint density at radius 3 is 2.94 bits per heavy atom. The number of rotatable bonds is 4. The first-order valence-corrected chi connectivity index (χ1v) is 5.75. The van der Waals surface area contributed by atoms with Crippen molar-refractivity contribution in [2.75, 3.05) is 13.7 Å². The van der Waals surface area contributed by atoms with Crippen LogP contribution >= 0.6 is 0 Å². The first-order chi connectivity index (χ1) is 8.67. The van der Waals surface area contributed by atoms with Crippen molar-refractivity contribution >= 4 is 17.1 Å². The molecule has 1 atom stereocenters. The summed E-state index contributed by atoms with van der Waals surface area (Å²) in [6, 6.07) is 3.58. The van der Waals surface area contributed by atoms with Gasteiger partial charge in [-0.25, -0.2) is 4.98 Å². The predicted molar refractivity (Wildman–Crippen MR) is 65.6 cm³/mol. The molecule has 1 unspecified atom stereocenters. The van der Waals surface area contributed by atoms with Crippen molar-refractivity contribution in [2.45, 2.75) is 19.8 Å². The average molecular weight is 249 g/mol. The van der Waals surface area contributed by atoms with E-state index in [-0.39, 0.29) is 11.9 Å². The SMILES string of the molecule is CCOC(=O)C(C)c1cc(OC)c2ocnc2c1. The van der Waals surface area contributed by atoms with Crippen molar-refractivity contribution in [2.24, 2.45) is 0 Å². The molecule has 0 fully saturated rings. The highest BCUT2D eigenvalue weighted by Gasteiger charge is 2.19. The lowest BCUT2D eigenvalue weighted by Crippen LogP contribution is -2.13. The number of hydrogen-bond acceptors (Lipinski definition) is 5. The third kappa shape index (κ3) is 2.16. The van der Waals surface area contributed by atoms with Gasteiger partial charge in [0.05, 0.1) is 19.6 Å². The lowest BCUT2D eigenvalue weighted by atomic mass is 10.0. The fourth-order valence-electron chi connectivity index (χ4n) is 1.76. The van der Waals surface area contributed by atoms with Gasteiger partial charge in [0.1, 0.15) is 5.52 Å². The molecule has 18 heavy (non-hydrogen) atoms.